The van der Waals surface area contributed by atoms with Gasteiger partial charge in [0.25, 0.3) is 0 Å². The van der Waals surface area contributed by atoms with Gasteiger partial charge in [-0.25, -0.2) is 0 Å². The Morgan fingerprint density at radius 1 is 0.812 bits per heavy atom. The largest absolute Gasteiger partial charge is 0.341 e. The Bertz CT molecular complexity index is 1380. The minimum atomic E-state index is -0.851. The second kappa shape index (κ2) is 19.6. The van der Waals surface area contributed by atoms with E-state index < -0.39 is 12.1 Å². The summed E-state index contributed by atoms with van der Waals surface area (Å²) in [4.78, 5) is 41.0. The van der Waals surface area contributed by atoms with Crippen LogP contribution in [0.4, 0.5) is 0 Å². The van der Waals surface area contributed by atoms with Crippen LogP contribution in [0.25, 0.3) is 0 Å². The average Bonchev–Trinajstić information content (AvgIpc) is 3.34. The van der Waals surface area contributed by atoms with E-state index in [2.05, 4.69) is 95.6 Å². The number of allylic oxidation sites excluding steroid dienone is 10. The van der Waals surface area contributed by atoms with E-state index in [9.17, 15) is 14.4 Å². The third-order valence-electron chi connectivity index (χ3n) is 8.82. The third-order valence-corrected chi connectivity index (χ3v) is 10.4. The van der Waals surface area contributed by atoms with Gasteiger partial charge in [0.2, 0.25) is 17.7 Å². The van der Waals surface area contributed by atoms with Gasteiger partial charge in [-0.1, -0.05) is 89.1 Å². The molecule has 2 N–H and O–H groups in total. The fourth-order valence-electron chi connectivity index (χ4n) is 5.99. The van der Waals surface area contributed by atoms with Gasteiger partial charge in [0.1, 0.15) is 17.5 Å². The van der Waals surface area contributed by atoms with Gasteiger partial charge in [-0.3, -0.25) is 14.4 Å². The number of nitrogens with one attached hydrogen (secondary N) is 2. The van der Waals surface area contributed by atoms with Crippen molar-refractivity contribution in [3.8, 4) is 0 Å². The van der Waals surface area contributed by atoms with E-state index in [1.54, 1.807) is 11.8 Å². The number of carbonyl (C=O) groups is 3. The van der Waals surface area contributed by atoms with Gasteiger partial charge >= 0.3 is 0 Å². The van der Waals surface area contributed by atoms with Crippen molar-refractivity contribution in [3.63, 3.8) is 0 Å². The highest BCUT2D eigenvalue weighted by Gasteiger charge is 2.56. The van der Waals surface area contributed by atoms with Crippen molar-refractivity contribution < 1.29 is 14.4 Å². The molecule has 262 valence electrons. The van der Waals surface area contributed by atoms with Gasteiger partial charge in [0.05, 0.1) is 0 Å². The first-order valence-corrected chi connectivity index (χ1v) is 18.6. The first-order chi connectivity index (χ1) is 22.9. The average molecular weight is 674 g/mol. The molecule has 6 nitrogen and oxygen atoms in total. The summed E-state index contributed by atoms with van der Waals surface area (Å²) >= 11 is 1.71. The second-order valence-electron chi connectivity index (χ2n) is 14.3. The van der Waals surface area contributed by atoms with E-state index >= 15 is 0 Å². The predicted molar refractivity (Wildman–Crippen MR) is 202 cm³/mol. The van der Waals surface area contributed by atoms with Crippen LogP contribution >= 0.6 is 11.8 Å². The van der Waals surface area contributed by atoms with E-state index in [4.69, 9.17) is 0 Å². The molecule has 0 bridgehead atoms. The molecule has 0 aromatic heterocycles. The molecule has 48 heavy (non-hydrogen) atoms. The number of hydrogen-bond donors (Lipinski definition) is 2. The van der Waals surface area contributed by atoms with E-state index in [1.165, 1.54) is 22.3 Å². The van der Waals surface area contributed by atoms with Crippen LogP contribution in [-0.4, -0.2) is 45.3 Å². The molecule has 7 heteroatoms. The standard InChI is InChI=1S/C41H59N3O3S/c1-30(2)19-17-22-31(3)20-13-10-8-9-11-14-21-32(4)23-18-24-33(5)27-28-35(45)42-36(34-25-15-12-16-26-34)38(46)43-37-39(47)44-29-41(6,7)48-40(37)44/h8-9,12,15-16,19-21,24-26,36-37,40H,10-11,13-14,17-18,22-23,27-29H2,1-7H3,(H,42,45)(H,43,46)/b9-8+,31-20+,32-21+,33-24+/t36-,37+,40+/m0/s1. The van der Waals surface area contributed by atoms with E-state index in [1.807, 2.05) is 35.2 Å². The Balaban J connectivity index is 1.36. The van der Waals surface area contributed by atoms with Crippen LogP contribution in [0.5, 0.6) is 0 Å². The number of thioether (sulfide) groups is 1. The second-order valence-corrected chi connectivity index (χ2v) is 16.1. The number of β-lactam (4-membered cyclic amide) rings is 1. The first kappa shape index (κ1) is 39.1. The molecule has 3 atom stereocenters. The number of nitrogens with zero attached hydrogens (tertiary/aromatic N) is 1. The maximum atomic E-state index is 13.4. The van der Waals surface area contributed by atoms with Gasteiger partial charge in [0, 0.05) is 17.7 Å². The Labute approximate surface area is 294 Å². The number of carbonyl (C=O) groups excluding carboxylic acids is 3. The molecule has 1 aromatic rings. The summed E-state index contributed by atoms with van der Waals surface area (Å²) in [5, 5.41) is 5.82. The number of rotatable bonds is 19. The maximum Gasteiger partial charge on any atom is 0.249 e. The summed E-state index contributed by atoms with van der Waals surface area (Å²) in [7, 11) is 0. The molecule has 0 radical (unpaired) electrons. The van der Waals surface area contributed by atoms with Crippen LogP contribution in [0, 0.1) is 0 Å². The Morgan fingerprint density at radius 3 is 1.98 bits per heavy atom. The minimum absolute atomic E-state index is 0.0347. The molecule has 0 unspecified atom stereocenters. The molecule has 3 amide bonds. The molecular weight excluding hydrogens is 615 g/mol. The number of amides is 3. The van der Waals surface area contributed by atoms with Crippen molar-refractivity contribution in [2.24, 2.45) is 0 Å². The smallest absolute Gasteiger partial charge is 0.249 e. The van der Waals surface area contributed by atoms with Crippen molar-refractivity contribution in [1.29, 1.82) is 0 Å². The summed E-state index contributed by atoms with van der Waals surface area (Å²) in [6.07, 6.45) is 23.4. The summed E-state index contributed by atoms with van der Waals surface area (Å²) in [6.45, 7) is 15.7. The van der Waals surface area contributed by atoms with Gasteiger partial charge in [-0.05, 0) is 112 Å². The molecule has 1 aromatic carbocycles. The molecule has 0 saturated carbocycles. The lowest BCUT2D eigenvalue weighted by atomic mass is 10.0. The molecule has 0 spiro atoms. The molecule has 2 saturated heterocycles. The number of unbranched alkanes of at least 4 members (excludes halogenated alkanes) is 2. The summed E-state index contributed by atoms with van der Waals surface area (Å²) in [5.41, 5.74) is 6.14. The SMILES string of the molecule is CC(C)=CCC/C(C)=C/CC/C=C/CC/C=C(\C)CC/C=C(\C)CCC(=O)N[C@H](C(=O)N[C@@H]1C(=O)N2CC(C)(C)S[C@H]12)c1ccccc1. The fourth-order valence-corrected chi connectivity index (χ4v) is 7.48. The monoisotopic (exact) mass is 673 g/mol. The quantitative estimate of drug-likeness (QED) is 0.0872. The number of fused-ring (bicyclic) bond motifs is 1. The van der Waals surface area contributed by atoms with Crippen molar-refractivity contribution >= 4 is 29.5 Å². The van der Waals surface area contributed by atoms with Crippen molar-refractivity contribution in [3.05, 3.63) is 94.6 Å². The van der Waals surface area contributed by atoms with Gasteiger partial charge < -0.3 is 15.5 Å². The van der Waals surface area contributed by atoms with Crippen LogP contribution in [0.15, 0.2) is 89.1 Å². The summed E-state index contributed by atoms with van der Waals surface area (Å²) < 4.78 is -0.0347. The van der Waals surface area contributed by atoms with Crippen molar-refractivity contribution in [2.45, 2.75) is 135 Å². The van der Waals surface area contributed by atoms with Crippen LogP contribution in [0.3, 0.4) is 0 Å². The molecular formula is C41H59N3O3S. The Hall–Kier alpha value is -3.32. The third kappa shape index (κ3) is 13.3. The summed E-state index contributed by atoms with van der Waals surface area (Å²) in [6, 6.07) is 7.83. The zero-order valence-corrected chi connectivity index (χ0v) is 31.3. The van der Waals surface area contributed by atoms with Crippen LogP contribution in [0.2, 0.25) is 0 Å². The lowest BCUT2D eigenvalue weighted by Crippen LogP contribution is -2.68. The highest BCUT2D eigenvalue weighted by Crippen LogP contribution is 2.46. The van der Waals surface area contributed by atoms with Gasteiger partial charge in [0.15, 0.2) is 0 Å². The van der Waals surface area contributed by atoms with Crippen molar-refractivity contribution in [2.75, 3.05) is 6.54 Å². The molecule has 2 aliphatic heterocycles. The number of benzene rings is 1. The predicted octanol–water partition coefficient (Wildman–Crippen LogP) is 9.28. The Kier molecular flexibility index (Phi) is 16.0. The molecule has 2 aliphatic rings. The highest BCUT2D eigenvalue weighted by molar-refractivity contribution is 8.01. The summed E-state index contributed by atoms with van der Waals surface area (Å²) in [5.74, 6) is -0.585. The van der Waals surface area contributed by atoms with E-state index in [-0.39, 0.29) is 27.8 Å². The molecule has 2 fully saturated rings. The zero-order chi connectivity index (χ0) is 35.1. The maximum absolute atomic E-state index is 13.4. The van der Waals surface area contributed by atoms with Crippen LogP contribution in [0.1, 0.15) is 124 Å². The van der Waals surface area contributed by atoms with E-state index in [0.29, 0.717) is 24.9 Å². The minimum Gasteiger partial charge on any atom is -0.341 e. The topological polar surface area (TPSA) is 78.5 Å². The molecule has 2 heterocycles. The van der Waals surface area contributed by atoms with E-state index in [0.717, 1.165) is 51.4 Å². The van der Waals surface area contributed by atoms with Gasteiger partial charge in [-0.2, -0.15) is 0 Å². The lowest BCUT2D eigenvalue weighted by molar-refractivity contribution is -0.148. The lowest BCUT2D eigenvalue weighted by Gasteiger charge is -2.42. The first-order valence-electron chi connectivity index (χ1n) is 17.7. The van der Waals surface area contributed by atoms with Crippen LogP contribution < -0.4 is 10.6 Å². The molecule has 0 aliphatic carbocycles. The van der Waals surface area contributed by atoms with Gasteiger partial charge in [-0.15, -0.1) is 11.8 Å². The highest BCUT2D eigenvalue weighted by atomic mass is 32.2. The van der Waals surface area contributed by atoms with Crippen molar-refractivity contribution in [1.82, 2.24) is 15.5 Å². The van der Waals surface area contributed by atoms with Crippen LogP contribution in [-0.2, 0) is 14.4 Å². The number of hydrogen-bond acceptors (Lipinski definition) is 4. The normalized spacial score (nSPS) is 19.9. The molecule has 3 rings (SSSR count). The fraction of sp³-hybridized carbons (Fsp3) is 0.537. The zero-order valence-electron chi connectivity index (χ0n) is 30.4. The Morgan fingerprint density at radius 2 is 1.38 bits per heavy atom.